The highest BCUT2D eigenvalue weighted by Crippen LogP contribution is 2.38. The second kappa shape index (κ2) is 5.76. The molecule has 1 aromatic heterocycles. The molecule has 4 atom stereocenters. The number of aromatic nitrogens is 4. The number of fused-ring (bicyclic) bond motifs is 1. The Morgan fingerprint density at radius 2 is 2.10 bits per heavy atom. The first-order chi connectivity index (χ1) is 10.1. The first-order valence-corrected chi connectivity index (χ1v) is 7.14. The standard InChI is InChI=1S/C12H18N6O3/c19-10(14-12-15-17-18-16-12)6-1-2-7-5-13-9(11(20)21)4-8(7)3-6/h6-9,13H,1-5H2,(H,20,21)(H2,14,15,16,17,18,19)/t6-,7-,8+,9-/m1/s1. The van der Waals surface area contributed by atoms with Gasteiger partial charge in [-0.15, -0.1) is 5.10 Å². The Hall–Kier alpha value is -2.03. The molecule has 2 fully saturated rings. The van der Waals surface area contributed by atoms with Crippen molar-refractivity contribution in [1.82, 2.24) is 25.9 Å². The summed E-state index contributed by atoms with van der Waals surface area (Å²) in [5.74, 6) is -0.114. The fourth-order valence-corrected chi connectivity index (χ4v) is 3.42. The van der Waals surface area contributed by atoms with Crippen LogP contribution in [-0.2, 0) is 9.59 Å². The predicted molar refractivity (Wildman–Crippen MR) is 71.2 cm³/mol. The Kier molecular flexibility index (Phi) is 3.82. The third-order valence-corrected chi connectivity index (χ3v) is 4.55. The van der Waals surface area contributed by atoms with Gasteiger partial charge < -0.3 is 10.4 Å². The zero-order valence-electron chi connectivity index (χ0n) is 11.5. The zero-order chi connectivity index (χ0) is 14.8. The molecule has 114 valence electrons. The molecule has 0 bridgehead atoms. The SMILES string of the molecule is O=C(Nc1nn[nH]n1)[C@@H]1CC[C@@H]2CN[C@@H](C(=O)O)C[C@@H]2C1. The Labute approximate surface area is 120 Å². The Bertz CT molecular complexity index is 519. The van der Waals surface area contributed by atoms with Crippen molar-refractivity contribution in [3.05, 3.63) is 0 Å². The minimum absolute atomic E-state index is 0.111. The van der Waals surface area contributed by atoms with E-state index in [2.05, 4.69) is 31.3 Å². The maximum atomic E-state index is 12.2. The molecule has 0 unspecified atom stereocenters. The van der Waals surface area contributed by atoms with Gasteiger partial charge in [0, 0.05) is 5.92 Å². The lowest BCUT2D eigenvalue weighted by Crippen LogP contribution is -2.50. The number of carbonyl (C=O) groups excluding carboxylic acids is 1. The lowest BCUT2D eigenvalue weighted by Gasteiger charge is -2.41. The minimum atomic E-state index is -0.813. The van der Waals surface area contributed by atoms with E-state index in [4.69, 9.17) is 5.11 Å². The number of carboxylic acids is 1. The summed E-state index contributed by atoms with van der Waals surface area (Å²) in [6, 6.07) is -0.495. The summed E-state index contributed by atoms with van der Waals surface area (Å²) in [6.45, 7) is 0.723. The second-order valence-corrected chi connectivity index (χ2v) is 5.79. The number of piperidine rings is 1. The van der Waals surface area contributed by atoms with Crippen LogP contribution in [0.5, 0.6) is 0 Å². The first kappa shape index (κ1) is 13.9. The van der Waals surface area contributed by atoms with Crippen LogP contribution in [0.4, 0.5) is 5.95 Å². The first-order valence-electron chi connectivity index (χ1n) is 7.14. The van der Waals surface area contributed by atoms with Crippen LogP contribution < -0.4 is 10.6 Å². The summed E-state index contributed by atoms with van der Waals surface area (Å²) in [7, 11) is 0. The monoisotopic (exact) mass is 294 g/mol. The Morgan fingerprint density at radius 1 is 1.24 bits per heavy atom. The number of tetrazole rings is 1. The number of carbonyl (C=O) groups is 2. The van der Waals surface area contributed by atoms with E-state index in [1.165, 1.54) is 0 Å². The van der Waals surface area contributed by atoms with Gasteiger partial charge in [-0.2, -0.15) is 5.21 Å². The molecule has 9 nitrogen and oxygen atoms in total. The summed E-state index contributed by atoms with van der Waals surface area (Å²) in [6.07, 6.45) is 3.06. The van der Waals surface area contributed by atoms with E-state index in [1.54, 1.807) is 0 Å². The van der Waals surface area contributed by atoms with E-state index in [0.29, 0.717) is 12.3 Å². The van der Waals surface area contributed by atoms with E-state index in [-0.39, 0.29) is 23.7 Å². The van der Waals surface area contributed by atoms with Crippen molar-refractivity contribution in [2.45, 2.75) is 31.7 Å². The number of rotatable bonds is 3. The van der Waals surface area contributed by atoms with Gasteiger partial charge in [-0.05, 0) is 49.3 Å². The van der Waals surface area contributed by atoms with Gasteiger partial charge in [0.15, 0.2) is 0 Å². The van der Waals surface area contributed by atoms with Crippen LogP contribution in [0.2, 0.25) is 0 Å². The molecule has 1 aliphatic carbocycles. The van der Waals surface area contributed by atoms with E-state index >= 15 is 0 Å². The van der Waals surface area contributed by atoms with Crippen molar-refractivity contribution in [2.75, 3.05) is 11.9 Å². The van der Waals surface area contributed by atoms with E-state index < -0.39 is 12.0 Å². The molecular formula is C12H18N6O3. The summed E-state index contributed by atoms with van der Waals surface area (Å²) < 4.78 is 0. The maximum absolute atomic E-state index is 12.2. The lowest BCUT2D eigenvalue weighted by molar-refractivity contribution is -0.141. The topological polar surface area (TPSA) is 133 Å². The number of aliphatic carboxylic acids is 1. The van der Waals surface area contributed by atoms with Gasteiger partial charge in [-0.1, -0.05) is 5.10 Å². The van der Waals surface area contributed by atoms with Crippen molar-refractivity contribution in [3.63, 3.8) is 0 Å². The van der Waals surface area contributed by atoms with Crippen LogP contribution in [0.25, 0.3) is 0 Å². The Balaban J connectivity index is 1.59. The number of aromatic amines is 1. The van der Waals surface area contributed by atoms with Gasteiger partial charge >= 0.3 is 5.97 Å². The average Bonchev–Trinajstić information content (AvgIpc) is 2.98. The van der Waals surface area contributed by atoms with Crippen molar-refractivity contribution < 1.29 is 14.7 Å². The third-order valence-electron chi connectivity index (χ3n) is 4.55. The fourth-order valence-electron chi connectivity index (χ4n) is 3.42. The van der Waals surface area contributed by atoms with Gasteiger partial charge in [0.1, 0.15) is 6.04 Å². The number of anilines is 1. The summed E-state index contributed by atoms with van der Waals surface area (Å²) >= 11 is 0. The van der Waals surface area contributed by atoms with Crippen LogP contribution in [0, 0.1) is 17.8 Å². The molecule has 1 aliphatic heterocycles. The quantitative estimate of drug-likeness (QED) is 0.597. The molecule has 1 saturated carbocycles. The van der Waals surface area contributed by atoms with Crippen molar-refractivity contribution in [1.29, 1.82) is 0 Å². The minimum Gasteiger partial charge on any atom is -0.480 e. The molecule has 4 N–H and O–H groups in total. The molecule has 2 heterocycles. The molecule has 3 rings (SSSR count). The van der Waals surface area contributed by atoms with Gasteiger partial charge in [0.05, 0.1) is 0 Å². The van der Waals surface area contributed by atoms with E-state index in [1.807, 2.05) is 0 Å². The molecule has 9 heteroatoms. The van der Waals surface area contributed by atoms with Gasteiger partial charge in [0.25, 0.3) is 5.95 Å². The van der Waals surface area contributed by atoms with E-state index in [9.17, 15) is 9.59 Å². The summed E-state index contributed by atoms with van der Waals surface area (Å²) in [4.78, 5) is 23.3. The van der Waals surface area contributed by atoms with Crippen LogP contribution in [0.1, 0.15) is 25.7 Å². The van der Waals surface area contributed by atoms with Crippen molar-refractivity contribution >= 4 is 17.8 Å². The number of carboxylic acid groups (broad SMARTS) is 1. The molecule has 1 amide bonds. The van der Waals surface area contributed by atoms with Crippen LogP contribution in [0.3, 0.4) is 0 Å². The number of hydrogen-bond acceptors (Lipinski definition) is 6. The molecule has 0 radical (unpaired) electrons. The fraction of sp³-hybridized carbons (Fsp3) is 0.750. The zero-order valence-corrected chi connectivity index (χ0v) is 11.5. The molecular weight excluding hydrogens is 276 g/mol. The third kappa shape index (κ3) is 3.02. The largest absolute Gasteiger partial charge is 0.480 e. The maximum Gasteiger partial charge on any atom is 0.320 e. The van der Waals surface area contributed by atoms with Crippen LogP contribution in [-0.4, -0.2) is 50.2 Å². The number of amides is 1. The Morgan fingerprint density at radius 3 is 2.81 bits per heavy atom. The number of nitrogens with zero attached hydrogens (tertiary/aromatic N) is 3. The molecule has 2 aliphatic rings. The van der Waals surface area contributed by atoms with Crippen molar-refractivity contribution in [2.24, 2.45) is 17.8 Å². The summed E-state index contributed by atoms with van der Waals surface area (Å²) in [5.41, 5.74) is 0. The second-order valence-electron chi connectivity index (χ2n) is 5.79. The number of nitrogens with one attached hydrogen (secondary N) is 3. The molecule has 0 spiro atoms. The number of H-pyrrole nitrogens is 1. The van der Waals surface area contributed by atoms with Crippen LogP contribution >= 0.6 is 0 Å². The van der Waals surface area contributed by atoms with Crippen LogP contribution in [0.15, 0.2) is 0 Å². The van der Waals surface area contributed by atoms with Gasteiger partial charge in [0.2, 0.25) is 5.91 Å². The van der Waals surface area contributed by atoms with Gasteiger partial charge in [-0.3, -0.25) is 14.9 Å². The van der Waals surface area contributed by atoms with Crippen molar-refractivity contribution in [3.8, 4) is 0 Å². The predicted octanol–water partition coefficient (Wildman–Crippen LogP) is -0.383. The molecule has 21 heavy (non-hydrogen) atoms. The molecule has 1 saturated heterocycles. The highest BCUT2D eigenvalue weighted by Gasteiger charge is 2.39. The summed E-state index contributed by atoms with van der Waals surface area (Å²) in [5, 5.41) is 27.9. The number of hydrogen-bond donors (Lipinski definition) is 4. The smallest absolute Gasteiger partial charge is 0.320 e. The normalized spacial score (nSPS) is 32.2. The lowest BCUT2D eigenvalue weighted by atomic mass is 9.69. The molecule has 0 aromatic carbocycles. The average molecular weight is 294 g/mol. The van der Waals surface area contributed by atoms with E-state index in [0.717, 1.165) is 25.8 Å². The molecule has 1 aromatic rings. The highest BCUT2D eigenvalue weighted by molar-refractivity contribution is 5.90. The van der Waals surface area contributed by atoms with Gasteiger partial charge in [-0.25, -0.2) is 0 Å². The highest BCUT2D eigenvalue weighted by atomic mass is 16.4.